The number of ketones is 1. The second-order valence-corrected chi connectivity index (χ2v) is 7.09. The van der Waals surface area contributed by atoms with Crippen LogP contribution in [0.2, 0.25) is 0 Å². The molecule has 0 bridgehead atoms. The number of fused-ring (bicyclic) bond motifs is 1. The van der Waals surface area contributed by atoms with E-state index in [2.05, 4.69) is 16.4 Å². The predicted molar refractivity (Wildman–Crippen MR) is 109 cm³/mol. The number of Topliss-reactive ketones (excluding diaryl/α,β-unsaturated/α-hetero) is 1. The number of aromatic nitrogens is 3. The summed E-state index contributed by atoms with van der Waals surface area (Å²) in [5.74, 6) is 0.684. The molecule has 0 fully saturated rings. The highest BCUT2D eigenvalue weighted by Gasteiger charge is 2.36. The molecule has 0 spiro atoms. The number of allylic oxidation sites excluding steroid dienone is 4. The molecule has 0 saturated heterocycles. The van der Waals surface area contributed by atoms with Crippen LogP contribution in [-0.2, 0) is 4.79 Å². The topological polar surface area (TPSA) is 104 Å². The number of hydrogen-bond donors (Lipinski definition) is 1. The summed E-state index contributed by atoms with van der Waals surface area (Å²) in [6, 6.07) is 7.00. The van der Waals surface area contributed by atoms with Crippen molar-refractivity contribution in [3.05, 3.63) is 71.2 Å². The highest BCUT2D eigenvalue weighted by atomic mass is 16.5. The number of carbonyl (C=O) groups is 1. The van der Waals surface area contributed by atoms with E-state index in [1.54, 1.807) is 30.1 Å². The van der Waals surface area contributed by atoms with E-state index in [0.717, 1.165) is 11.1 Å². The zero-order valence-electron chi connectivity index (χ0n) is 16.5. The van der Waals surface area contributed by atoms with Gasteiger partial charge in [0.25, 0.3) is 0 Å². The summed E-state index contributed by atoms with van der Waals surface area (Å²) >= 11 is 0. The summed E-state index contributed by atoms with van der Waals surface area (Å²) in [6.07, 6.45) is 10.8. The lowest BCUT2D eigenvalue weighted by atomic mass is 9.84. The molecule has 4 rings (SSSR count). The van der Waals surface area contributed by atoms with Crippen LogP contribution in [0.4, 0.5) is 0 Å². The lowest BCUT2D eigenvalue weighted by Gasteiger charge is -2.40. The molecular formula is C22H21N5O3. The minimum absolute atomic E-state index is 0.00904. The summed E-state index contributed by atoms with van der Waals surface area (Å²) in [6.45, 7) is 0.0946. The maximum Gasteiger partial charge on any atom is 0.165 e. The van der Waals surface area contributed by atoms with Crippen molar-refractivity contribution in [2.75, 3.05) is 20.3 Å². The third-order valence-electron chi connectivity index (χ3n) is 5.38. The van der Waals surface area contributed by atoms with Crippen LogP contribution in [0.1, 0.15) is 29.6 Å². The molecule has 2 atom stereocenters. The van der Waals surface area contributed by atoms with Crippen molar-refractivity contribution in [1.82, 2.24) is 19.9 Å². The van der Waals surface area contributed by atoms with Crippen LogP contribution < -0.4 is 4.74 Å². The molecule has 152 valence electrons. The Hall–Kier alpha value is -3.70. The molecule has 2 aromatic rings. The van der Waals surface area contributed by atoms with E-state index >= 15 is 0 Å². The van der Waals surface area contributed by atoms with Crippen molar-refractivity contribution in [2.24, 2.45) is 0 Å². The van der Waals surface area contributed by atoms with Crippen LogP contribution in [0.25, 0.3) is 6.08 Å². The molecule has 2 unspecified atom stereocenters. The molecule has 0 radical (unpaired) electrons. The minimum atomic E-state index is -0.458. The van der Waals surface area contributed by atoms with E-state index in [1.807, 2.05) is 35.3 Å². The van der Waals surface area contributed by atoms with Gasteiger partial charge in [-0.1, -0.05) is 29.5 Å². The fraction of sp³-hybridized carbons (Fsp3) is 0.273. The van der Waals surface area contributed by atoms with Crippen LogP contribution in [0, 0.1) is 11.3 Å². The highest BCUT2D eigenvalue weighted by Crippen LogP contribution is 2.41. The largest absolute Gasteiger partial charge is 0.497 e. The van der Waals surface area contributed by atoms with Crippen LogP contribution >= 0.6 is 0 Å². The highest BCUT2D eigenvalue weighted by molar-refractivity contribution is 5.99. The zero-order chi connectivity index (χ0) is 21.1. The maximum absolute atomic E-state index is 12.8. The van der Waals surface area contributed by atoms with Crippen molar-refractivity contribution >= 4 is 11.9 Å². The van der Waals surface area contributed by atoms with Gasteiger partial charge in [-0.2, -0.15) is 5.26 Å². The second kappa shape index (κ2) is 8.35. The first-order valence-corrected chi connectivity index (χ1v) is 9.59. The number of carbonyl (C=O) groups excluding carboxylic acids is 1. The molecule has 30 heavy (non-hydrogen) atoms. The molecule has 8 heteroatoms. The van der Waals surface area contributed by atoms with Crippen LogP contribution in [0.3, 0.4) is 0 Å². The summed E-state index contributed by atoms with van der Waals surface area (Å²) in [4.78, 5) is 14.7. The molecule has 0 amide bonds. The SMILES string of the molecule is COc1ccc2c(c1)C=C(C#N)N(CC(CO)n1ccnn1)C2C1=CC=CCC1=O. The summed E-state index contributed by atoms with van der Waals surface area (Å²) < 4.78 is 6.90. The first kappa shape index (κ1) is 19.6. The first-order chi connectivity index (χ1) is 14.7. The number of nitriles is 1. The van der Waals surface area contributed by atoms with Gasteiger partial charge in [0, 0.05) is 24.7 Å². The van der Waals surface area contributed by atoms with Crippen LogP contribution in [0.15, 0.2) is 60.1 Å². The van der Waals surface area contributed by atoms with Gasteiger partial charge in [0.1, 0.15) is 17.5 Å². The van der Waals surface area contributed by atoms with Crippen molar-refractivity contribution < 1.29 is 14.6 Å². The Kier molecular flexibility index (Phi) is 5.46. The first-order valence-electron chi connectivity index (χ1n) is 9.59. The lowest BCUT2D eigenvalue weighted by molar-refractivity contribution is -0.115. The number of rotatable bonds is 6. The van der Waals surface area contributed by atoms with Crippen LogP contribution in [0.5, 0.6) is 5.75 Å². The van der Waals surface area contributed by atoms with Gasteiger partial charge in [0.2, 0.25) is 0 Å². The van der Waals surface area contributed by atoms with Gasteiger partial charge in [-0.05, 0) is 29.3 Å². The van der Waals surface area contributed by atoms with Crippen molar-refractivity contribution in [3.63, 3.8) is 0 Å². The number of hydrogen-bond acceptors (Lipinski definition) is 7. The van der Waals surface area contributed by atoms with Gasteiger partial charge in [-0.25, -0.2) is 4.68 Å². The third-order valence-corrected chi connectivity index (χ3v) is 5.38. The second-order valence-electron chi connectivity index (χ2n) is 7.09. The molecule has 1 aliphatic carbocycles. The molecule has 1 N–H and O–H groups in total. The Morgan fingerprint density at radius 1 is 1.43 bits per heavy atom. The molecule has 2 aliphatic rings. The van der Waals surface area contributed by atoms with Gasteiger partial charge in [0.15, 0.2) is 5.78 Å². The lowest BCUT2D eigenvalue weighted by Crippen LogP contribution is -2.39. The van der Waals surface area contributed by atoms with Gasteiger partial charge in [0.05, 0.1) is 32.0 Å². The van der Waals surface area contributed by atoms with Gasteiger partial charge >= 0.3 is 0 Å². The van der Waals surface area contributed by atoms with E-state index in [0.29, 0.717) is 23.4 Å². The van der Waals surface area contributed by atoms with Gasteiger partial charge < -0.3 is 14.7 Å². The average molecular weight is 403 g/mol. The van der Waals surface area contributed by atoms with E-state index < -0.39 is 12.1 Å². The van der Waals surface area contributed by atoms with E-state index in [4.69, 9.17) is 4.74 Å². The monoisotopic (exact) mass is 403 g/mol. The standard InChI is InChI=1S/C22H21N5O3/c1-30-18-6-7-19-15(11-18)10-16(12-23)26(13-17(14-28)27-9-8-24-25-27)22(19)20-4-2-3-5-21(20)29/h2-4,6-11,17,22,28H,5,13-14H2,1H3. The summed E-state index contributed by atoms with van der Waals surface area (Å²) in [7, 11) is 1.59. The van der Waals surface area contributed by atoms with Gasteiger partial charge in [-0.15, -0.1) is 5.10 Å². The average Bonchev–Trinajstić information content (AvgIpc) is 3.31. The number of nitrogens with zero attached hydrogens (tertiary/aromatic N) is 5. The van der Waals surface area contributed by atoms with Crippen LogP contribution in [-0.4, -0.2) is 51.0 Å². The van der Waals surface area contributed by atoms with E-state index in [-0.39, 0.29) is 18.9 Å². The molecule has 8 nitrogen and oxygen atoms in total. The van der Waals surface area contributed by atoms with E-state index in [1.165, 1.54) is 6.20 Å². The predicted octanol–water partition coefficient (Wildman–Crippen LogP) is 2.20. The fourth-order valence-corrected chi connectivity index (χ4v) is 3.89. The van der Waals surface area contributed by atoms with Gasteiger partial charge in [-0.3, -0.25) is 4.79 Å². The molecular weight excluding hydrogens is 382 g/mol. The number of aliphatic hydroxyl groups is 1. The molecule has 0 saturated carbocycles. The summed E-state index contributed by atoms with van der Waals surface area (Å²) in [5.41, 5.74) is 2.75. The summed E-state index contributed by atoms with van der Waals surface area (Å²) in [5, 5.41) is 27.7. The molecule has 1 aliphatic heterocycles. The number of benzene rings is 1. The van der Waals surface area contributed by atoms with E-state index in [9.17, 15) is 15.2 Å². The fourth-order valence-electron chi connectivity index (χ4n) is 3.89. The minimum Gasteiger partial charge on any atom is -0.497 e. The third kappa shape index (κ3) is 3.51. The Balaban J connectivity index is 1.83. The number of aliphatic hydroxyl groups excluding tert-OH is 1. The Morgan fingerprint density at radius 3 is 2.97 bits per heavy atom. The molecule has 1 aromatic heterocycles. The zero-order valence-corrected chi connectivity index (χ0v) is 16.5. The van der Waals surface area contributed by atoms with Crippen molar-refractivity contribution in [3.8, 4) is 11.8 Å². The van der Waals surface area contributed by atoms with Crippen molar-refractivity contribution in [2.45, 2.75) is 18.5 Å². The smallest absolute Gasteiger partial charge is 0.165 e. The normalized spacial score (nSPS) is 18.9. The Labute approximate surface area is 174 Å². The Morgan fingerprint density at radius 2 is 2.30 bits per heavy atom. The Bertz CT molecular complexity index is 1080. The number of methoxy groups -OCH3 is 1. The quantitative estimate of drug-likeness (QED) is 0.788. The maximum atomic E-state index is 12.8. The molecule has 1 aromatic carbocycles. The molecule has 2 heterocycles. The number of ether oxygens (including phenoxy) is 1. The van der Waals surface area contributed by atoms with Crippen molar-refractivity contribution in [1.29, 1.82) is 5.26 Å².